The number of nitriles is 1. The maximum atomic E-state index is 8.74. The van der Waals surface area contributed by atoms with Crippen LogP contribution < -0.4 is 0 Å². The molecule has 0 aliphatic carbocycles. The Balaban J connectivity index is 2.03. The van der Waals surface area contributed by atoms with Gasteiger partial charge in [0.05, 0.1) is 24.7 Å². The van der Waals surface area contributed by atoms with Crippen LogP contribution in [0.3, 0.4) is 0 Å². The predicted molar refractivity (Wildman–Crippen MR) is 69.9 cm³/mol. The van der Waals surface area contributed by atoms with Crippen molar-refractivity contribution in [3.05, 3.63) is 15.6 Å². The number of nitrogens with zero attached hydrogens (tertiary/aromatic N) is 3. The number of hydrogen-bond donors (Lipinski definition) is 0. The molecule has 0 amide bonds. The minimum Gasteiger partial charge on any atom is -0.294 e. The van der Waals surface area contributed by atoms with Gasteiger partial charge in [0.15, 0.2) is 0 Å². The van der Waals surface area contributed by atoms with Crippen molar-refractivity contribution in [1.82, 2.24) is 9.88 Å². The summed E-state index contributed by atoms with van der Waals surface area (Å²) in [5, 5.41) is 9.90. The molecule has 1 saturated heterocycles. The van der Waals surface area contributed by atoms with E-state index in [1.165, 1.54) is 30.8 Å². The van der Waals surface area contributed by atoms with E-state index in [2.05, 4.69) is 22.9 Å². The van der Waals surface area contributed by atoms with Crippen molar-refractivity contribution >= 4 is 11.3 Å². The van der Waals surface area contributed by atoms with E-state index >= 15 is 0 Å². The standard InChI is InChI=1S/C13H19N3S/c1-10-5-3-4-8-16(10)9-13-15-11(2)12(17-13)6-7-14/h10H,3-6,8-9H2,1-2H3. The number of aryl methyl sites for hydroxylation is 1. The zero-order valence-electron chi connectivity index (χ0n) is 10.6. The molecule has 1 fully saturated rings. The third-order valence-corrected chi connectivity index (χ3v) is 4.60. The molecule has 2 rings (SSSR count). The van der Waals surface area contributed by atoms with Crippen molar-refractivity contribution in [2.45, 2.75) is 52.1 Å². The fraction of sp³-hybridized carbons (Fsp3) is 0.692. The van der Waals surface area contributed by atoms with Gasteiger partial charge < -0.3 is 0 Å². The van der Waals surface area contributed by atoms with Gasteiger partial charge in [0, 0.05) is 10.9 Å². The maximum absolute atomic E-state index is 8.74. The maximum Gasteiger partial charge on any atom is 0.107 e. The van der Waals surface area contributed by atoms with Gasteiger partial charge in [-0.25, -0.2) is 4.98 Å². The quantitative estimate of drug-likeness (QED) is 0.827. The van der Waals surface area contributed by atoms with Crippen LogP contribution in [0.5, 0.6) is 0 Å². The van der Waals surface area contributed by atoms with Crippen LogP contribution in [0.25, 0.3) is 0 Å². The smallest absolute Gasteiger partial charge is 0.107 e. The Hall–Kier alpha value is -0.920. The lowest BCUT2D eigenvalue weighted by Gasteiger charge is -2.32. The molecule has 0 saturated carbocycles. The molecule has 1 aromatic heterocycles. The van der Waals surface area contributed by atoms with Gasteiger partial charge in [-0.1, -0.05) is 6.42 Å². The second-order valence-electron chi connectivity index (χ2n) is 4.77. The Labute approximate surface area is 107 Å². The average molecular weight is 249 g/mol. The van der Waals surface area contributed by atoms with E-state index in [0.717, 1.165) is 17.1 Å². The first-order valence-corrected chi connectivity index (χ1v) is 7.08. The van der Waals surface area contributed by atoms with E-state index in [1.807, 2.05) is 6.92 Å². The number of hydrogen-bond acceptors (Lipinski definition) is 4. The second kappa shape index (κ2) is 5.61. The highest BCUT2D eigenvalue weighted by Gasteiger charge is 2.19. The first-order chi connectivity index (χ1) is 8.20. The summed E-state index contributed by atoms with van der Waals surface area (Å²) in [4.78, 5) is 8.23. The summed E-state index contributed by atoms with van der Waals surface area (Å²) in [5.74, 6) is 0. The molecule has 0 bridgehead atoms. The van der Waals surface area contributed by atoms with E-state index < -0.39 is 0 Å². The summed E-state index contributed by atoms with van der Waals surface area (Å²) in [6, 6.07) is 2.88. The van der Waals surface area contributed by atoms with Gasteiger partial charge in [0.25, 0.3) is 0 Å². The van der Waals surface area contributed by atoms with Crippen molar-refractivity contribution < 1.29 is 0 Å². The number of aromatic nitrogens is 1. The van der Waals surface area contributed by atoms with Gasteiger partial charge in [-0.3, -0.25) is 4.90 Å². The lowest BCUT2D eigenvalue weighted by atomic mass is 10.0. The van der Waals surface area contributed by atoms with Crippen molar-refractivity contribution in [2.24, 2.45) is 0 Å². The SMILES string of the molecule is Cc1nc(CN2CCCCC2C)sc1CC#N. The number of thiazole rings is 1. The molecule has 4 heteroatoms. The van der Waals surface area contributed by atoms with Crippen LogP contribution >= 0.6 is 11.3 Å². The fourth-order valence-electron chi connectivity index (χ4n) is 2.36. The third kappa shape index (κ3) is 3.05. The molecule has 3 nitrogen and oxygen atoms in total. The lowest BCUT2D eigenvalue weighted by molar-refractivity contribution is 0.152. The summed E-state index contributed by atoms with van der Waals surface area (Å²) in [5.41, 5.74) is 1.04. The van der Waals surface area contributed by atoms with Gasteiger partial charge in [-0.05, 0) is 33.2 Å². The fourth-order valence-corrected chi connectivity index (χ4v) is 3.39. The third-order valence-electron chi connectivity index (χ3n) is 3.46. The van der Waals surface area contributed by atoms with Crippen molar-refractivity contribution in [3.63, 3.8) is 0 Å². The second-order valence-corrected chi connectivity index (χ2v) is 5.93. The molecule has 1 aromatic rings. The minimum absolute atomic E-state index is 0.499. The van der Waals surface area contributed by atoms with Crippen LogP contribution in [0.2, 0.25) is 0 Å². The van der Waals surface area contributed by atoms with E-state index in [1.54, 1.807) is 11.3 Å². The molecular formula is C13H19N3S. The largest absolute Gasteiger partial charge is 0.294 e. The summed E-state index contributed by atoms with van der Waals surface area (Å²) in [6.07, 6.45) is 4.46. The van der Waals surface area contributed by atoms with Crippen molar-refractivity contribution in [3.8, 4) is 6.07 Å². The minimum atomic E-state index is 0.499. The van der Waals surface area contributed by atoms with Gasteiger partial charge in [0.2, 0.25) is 0 Å². The number of likely N-dealkylation sites (tertiary alicyclic amines) is 1. The van der Waals surface area contributed by atoms with Crippen LogP contribution in [0.1, 0.15) is 41.8 Å². The molecule has 92 valence electrons. The average Bonchev–Trinajstić information content (AvgIpc) is 2.63. The summed E-state index contributed by atoms with van der Waals surface area (Å²) >= 11 is 1.70. The van der Waals surface area contributed by atoms with Gasteiger partial charge >= 0.3 is 0 Å². The molecule has 0 N–H and O–H groups in total. The molecule has 1 aliphatic heterocycles. The number of rotatable bonds is 3. The van der Waals surface area contributed by atoms with Crippen LogP contribution in [0, 0.1) is 18.3 Å². The zero-order chi connectivity index (χ0) is 12.3. The van der Waals surface area contributed by atoms with Crippen LogP contribution in [-0.2, 0) is 13.0 Å². The Kier molecular flexibility index (Phi) is 4.14. The van der Waals surface area contributed by atoms with E-state index in [9.17, 15) is 0 Å². The molecule has 0 radical (unpaired) electrons. The summed E-state index contributed by atoms with van der Waals surface area (Å²) in [6.45, 7) is 6.45. The molecular weight excluding hydrogens is 230 g/mol. The van der Waals surface area contributed by atoms with E-state index in [-0.39, 0.29) is 0 Å². The van der Waals surface area contributed by atoms with Gasteiger partial charge in [0.1, 0.15) is 5.01 Å². The zero-order valence-corrected chi connectivity index (χ0v) is 11.4. The lowest BCUT2D eigenvalue weighted by Crippen LogP contribution is -2.36. The van der Waals surface area contributed by atoms with Gasteiger partial charge in [-0.2, -0.15) is 5.26 Å². The predicted octanol–water partition coefficient (Wildman–Crippen LogP) is 2.89. The Morgan fingerprint density at radius 3 is 3.06 bits per heavy atom. The first kappa shape index (κ1) is 12.5. The Bertz CT molecular complexity index is 419. The molecule has 1 aliphatic rings. The highest BCUT2D eigenvalue weighted by molar-refractivity contribution is 7.11. The van der Waals surface area contributed by atoms with Crippen molar-refractivity contribution in [1.29, 1.82) is 5.26 Å². The Morgan fingerprint density at radius 2 is 2.35 bits per heavy atom. The topological polar surface area (TPSA) is 39.9 Å². The van der Waals surface area contributed by atoms with Crippen LogP contribution in [0.4, 0.5) is 0 Å². The normalized spacial score (nSPS) is 21.4. The van der Waals surface area contributed by atoms with E-state index in [0.29, 0.717) is 12.5 Å². The van der Waals surface area contributed by atoms with Gasteiger partial charge in [-0.15, -0.1) is 11.3 Å². The summed E-state index contributed by atoms with van der Waals surface area (Å²) in [7, 11) is 0. The van der Waals surface area contributed by atoms with Crippen LogP contribution in [0.15, 0.2) is 0 Å². The first-order valence-electron chi connectivity index (χ1n) is 6.27. The summed E-state index contributed by atoms with van der Waals surface area (Å²) < 4.78 is 0. The molecule has 0 aromatic carbocycles. The number of piperidine rings is 1. The van der Waals surface area contributed by atoms with Crippen molar-refractivity contribution in [2.75, 3.05) is 6.54 Å². The van der Waals surface area contributed by atoms with Crippen LogP contribution in [-0.4, -0.2) is 22.5 Å². The molecule has 0 spiro atoms. The monoisotopic (exact) mass is 249 g/mol. The highest BCUT2D eigenvalue weighted by Crippen LogP contribution is 2.23. The highest BCUT2D eigenvalue weighted by atomic mass is 32.1. The molecule has 1 unspecified atom stereocenters. The molecule has 2 heterocycles. The molecule has 1 atom stereocenters. The van der Waals surface area contributed by atoms with E-state index in [4.69, 9.17) is 5.26 Å². The Morgan fingerprint density at radius 1 is 1.53 bits per heavy atom. The molecule has 17 heavy (non-hydrogen) atoms.